The van der Waals surface area contributed by atoms with E-state index in [0.717, 1.165) is 49.8 Å². The molecule has 0 amide bonds. The van der Waals surface area contributed by atoms with Gasteiger partial charge in [0.05, 0.1) is 17.6 Å². The smallest absolute Gasteiger partial charge is 0.189 e. The number of rotatable bonds is 2. The van der Waals surface area contributed by atoms with Crippen LogP contribution in [0.4, 0.5) is 5.69 Å². The maximum absolute atomic E-state index is 7.79. The average molecular weight is 434 g/mol. The Morgan fingerprint density at radius 3 is 2.00 bits per heavy atom. The normalized spacial score (nSPS) is 11.5. The molecule has 0 saturated heterocycles. The number of nitrogens with zero attached hydrogens (tertiary/aromatic N) is 2. The van der Waals surface area contributed by atoms with E-state index in [0.29, 0.717) is 5.69 Å². The van der Waals surface area contributed by atoms with E-state index in [1.165, 1.54) is 10.8 Å². The first kappa shape index (κ1) is 18.7. The number of aromatic nitrogens is 1. The van der Waals surface area contributed by atoms with Gasteiger partial charge in [-0.1, -0.05) is 72.8 Å². The molecule has 0 atom stereocenters. The summed E-state index contributed by atoms with van der Waals surface area (Å²) < 4.78 is 8.55. The SMILES string of the molecule is [C-]#[N+]c1cc(-c2cccc3c2oc2ccccc23)cc(-n2c3ccccc3c3ccccc32)c1. The van der Waals surface area contributed by atoms with Gasteiger partial charge in [0.15, 0.2) is 5.69 Å². The van der Waals surface area contributed by atoms with Crippen molar-refractivity contribution in [1.29, 1.82) is 0 Å². The number of hydrogen-bond acceptors (Lipinski definition) is 1. The van der Waals surface area contributed by atoms with Crippen molar-refractivity contribution in [2.75, 3.05) is 0 Å². The number of furan rings is 1. The molecule has 0 aliphatic rings. The molecule has 5 aromatic carbocycles. The first-order valence-electron chi connectivity index (χ1n) is 11.2. The second-order valence-electron chi connectivity index (χ2n) is 8.50. The van der Waals surface area contributed by atoms with Crippen molar-refractivity contribution in [3.05, 3.63) is 121 Å². The van der Waals surface area contributed by atoms with Crippen molar-refractivity contribution in [1.82, 2.24) is 4.57 Å². The van der Waals surface area contributed by atoms with E-state index in [-0.39, 0.29) is 0 Å². The van der Waals surface area contributed by atoms with Crippen LogP contribution in [0.3, 0.4) is 0 Å². The van der Waals surface area contributed by atoms with Gasteiger partial charge in [-0.3, -0.25) is 0 Å². The summed E-state index contributed by atoms with van der Waals surface area (Å²) in [4.78, 5) is 3.82. The third kappa shape index (κ3) is 2.63. The molecule has 34 heavy (non-hydrogen) atoms. The molecule has 0 saturated carbocycles. The maximum Gasteiger partial charge on any atom is 0.189 e. The molecule has 0 fully saturated rings. The summed E-state index contributed by atoms with van der Waals surface area (Å²) in [5.74, 6) is 0. The summed E-state index contributed by atoms with van der Waals surface area (Å²) in [6.07, 6.45) is 0. The van der Waals surface area contributed by atoms with Crippen LogP contribution in [-0.4, -0.2) is 4.57 Å². The van der Waals surface area contributed by atoms with Crippen LogP contribution in [0.5, 0.6) is 0 Å². The Morgan fingerprint density at radius 2 is 1.26 bits per heavy atom. The highest BCUT2D eigenvalue weighted by Gasteiger charge is 2.16. The minimum absolute atomic E-state index is 0.600. The highest BCUT2D eigenvalue weighted by molar-refractivity contribution is 6.11. The predicted octanol–water partition coefficient (Wildman–Crippen LogP) is 8.90. The number of fused-ring (bicyclic) bond motifs is 6. The van der Waals surface area contributed by atoms with E-state index in [4.69, 9.17) is 11.0 Å². The van der Waals surface area contributed by atoms with E-state index in [9.17, 15) is 0 Å². The standard InChI is InChI=1S/C31H18N2O/c1-32-21-17-20(23-12-8-13-27-26-11-4-7-16-30(26)34-31(23)27)18-22(19-21)33-28-14-5-2-9-24(28)25-10-3-6-15-29(25)33/h2-19H. The van der Waals surface area contributed by atoms with E-state index >= 15 is 0 Å². The average Bonchev–Trinajstić information content (AvgIpc) is 3.44. The van der Waals surface area contributed by atoms with Crippen LogP contribution in [0, 0.1) is 6.57 Å². The fraction of sp³-hybridized carbons (Fsp3) is 0. The Hall–Kier alpha value is -4.81. The molecule has 0 spiro atoms. The van der Waals surface area contributed by atoms with Gasteiger partial charge in [-0.2, -0.15) is 0 Å². The second-order valence-corrected chi connectivity index (χ2v) is 8.50. The van der Waals surface area contributed by atoms with Crippen LogP contribution in [-0.2, 0) is 0 Å². The topological polar surface area (TPSA) is 22.4 Å². The lowest BCUT2D eigenvalue weighted by Gasteiger charge is -2.12. The number of para-hydroxylation sites is 4. The Labute approximate surface area is 195 Å². The van der Waals surface area contributed by atoms with Gasteiger partial charge in [0, 0.05) is 32.8 Å². The predicted molar refractivity (Wildman–Crippen MR) is 140 cm³/mol. The summed E-state index contributed by atoms with van der Waals surface area (Å²) in [6, 6.07) is 37.3. The zero-order valence-electron chi connectivity index (χ0n) is 18.2. The summed E-state index contributed by atoms with van der Waals surface area (Å²) in [6.45, 7) is 7.79. The van der Waals surface area contributed by atoms with Crippen molar-refractivity contribution < 1.29 is 4.42 Å². The molecular formula is C31H18N2O. The van der Waals surface area contributed by atoms with Crippen molar-refractivity contribution in [3.8, 4) is 16.8 Å². The van der Waals surface area contributed by atoms with Crippen LogP contribution in [0.2, 0.25) is 0 Å². The summed E-state index contributed by atoms with van der Waals surface area (Å²) >= 11 is 0. The first-order chi connectivity index (χ1) is 16.8. The molecule has 0 N–H and O–H groups in total. The molecule has 0 aliphatic carbocycles. The highest BCUT2D eigenvalue weighted by Crippen LogP contribution is 2.39. The zero-order chi connectivity index (χ0) is 22.6. The summed E-state index contributed by atoms with van der Waals surface area (Å²) in [7, 11) is 0. The monoisotopic (exact) mass is 434 g/mol. The van der Waals surface area contributed by atoms with Crippen LogP contribution >= 0.6 is 0 Å². The fourth-order valence-corrected chi connectivity index (χ4v) is 5.12. The second kappa shape index (κ2) is 7.10. The lowest BCUT2D eigenvalue weighted by atomic mass is 10.0. The molecule has 7 aromatic rings. The van der Waals surface area contributed by atoms with E-state index in [1.54, 1.807) is 0 Å². The molecule has 2 aromatic heterocycles. The maximum atomic E-state index is 7.79. The van der Waals surface area contributed by atoms with Crippen LogP contribution in [0.15, 0.2) is 114 Å². The molecule has 0 aliphatic heterocycles. The van der Waals surface area contributed by atoms with E-state index in [1.807, 2.05) is 30.3 Å². The number of benzene rings is 5. The molecule has 0 bridgehead atoms. The minimum atomic E-state index is 0.600. The third-order valence-corrected chi connectivity index (χ3v) is 6.59. The molecule has 7 rings (SSSR count). The zero-order valence-corrected chi connectivity index (χ0v) is 18.2. The Balaban J connectivity index is 1.55. The first-order valence-corrected chi connectivity index (χ1v) is 11.2. The lowest BCUT2D eigenvalue weighted by molar-refractivity contribution is 0.670. The molecule has 0 radical (unpaired) electrons. The Bertz CT molecular complexity index is 1880. The minimum Gasteiger partial charge on any atom is -0.455 e. The number of hydrogen-bond donors (Lipinski definition) is 0. The van der Waals surface area contributed by atoms with Gasteiger partial charge in [-0.05, 0) is 42.0 Å². The van der Waals surface area contributed by atoms with Crippen LogP contribution in [0.1, 0.15) is 0 Å². The lowest BCUT2D eigenvalue weighted by Crippen LogP contribution is -1.94. The van der Waals surface area contributed by atoms with E-state index in [2.05, 4.69) is 88.3 Å². The van der Waals surface area contributed by atoms with Gasteiger partial charge in [0.1, 0.15) is 11.2 Å². The van der Waals surface area contributed by atoms with Crippen LogP contribution in [0.25, 0.3) is 65.4 Å². The van der Waals surface area contributed by atoms with Crippen molar-refractivity contribution in [2.24, 2.45) is 0 Å². The van der Waals surface area contributed by atoms with Gasteiger partial charge < -0.3 is 8.98 Å². The Morgan fingerprint density at radius 1 is 0.618 bits per heavy atom. The van der Waals surface area contributed by atoms with Gasteiger partial charge in [0.2, 0.25) is 0 Å². The Kier molecular flexibility index (Phi) is 3.91. The molecular weight excluding hydrogens is 416 g/mol. The van der Waals surface area contributed by atoms with Gasteiger partial charge in [0.25, 0.3) is 0 Å². The molecule has 158 valence electrons. The van der Waals surface area contributed by atoms with Gasteiger partial charge in [-0.25, -0.2) is 4.85 Å². The summed E-state index contributed by atoms with van der Waals surface area (Å²) in [5.41, 5.74) is 7.48. The molecule has 3 nitrogen and oxygen atoms in total. The third-order valence-electron chi connectivity index (χ3n) is 6.59. The van der Waals surface area contributed by atoms with E-state index < -0.39 is 0 Å². The fourth-order valence-electron chi connectivity index (χ4n) is 5.12. The van der Waals surface area contributed by atoms with Gasteiger partial charge in [-0.15, -0.1) is 0 Å². The van der Waals surface area contributed by atoms with Crippen molar-refractivity contribution in [2.45, 2.75) is 0 Å². The highest BCUT2D eigenvalue weighted by atomic mass is 16.3. The quantitative estimate of drug-likeness (QED) is 0.249. The van der Waals surface area contributed by atoms with Crippen LogP contribution < -0.4 is 0 Å². The molecule has 2 heterocycles. The van der Waals surface area contributed by atoms with Gasteiger partial charge >= 0.3 is 0 Å². The molecule has 3 heteroatoms. The summed E-state index contributed by atoms with van der Waals surface area (Å²) in [5, 5.41) is 4.59. The van der Waals surface area contributed by atoms with Crippen molar-refractivity contribution in [3.63, 3.8) is 0 Å². The molecule has 0 unspecified atom stereocenters. The largest absolute Gasteiger partial charge is 0.455 e. The van der Waals surface area contributed by atoms with Crippen molar-refractivity contribution >= 4 is 49.4 Å².